The molecule has 0 aromatic heterocycles. The molecule has 2 aromatic rings. The van der Waals surface area contributed by atoms with Crippen molar-refractivity contribution < 1.29 is 4.39 Å². The summed E-state index contributed by atoms with van der Waals surface area (Å²) in [5, 5.41) is 0. The quantitative estimate of drug-likeness (QED) is 0.661. The highest BCUT2D eigenvalue weighted by atomic mass is 79.9. The Morgan fingerprint density at radius 2 is 1.72 bits per heavy atom. The number of benzene rings is 2. The van der Waals surface area contributed by atoms with Crippen LogP contribution in [0.3, 0.4) is 0 Å². The Morgan fingerprint density at radius 1 is 0.944 bits per heavy atom. The molecule has 0 N–H and O–H groups in total. The Bertz CT molecular complexity index is 629. The third-order valence-electron chi connectivity index (χ3n) is 3.47. The summed E-state index contributed by atoms with van der Waals surface area (Å²) in [5.74, 6) is -0.104. The monoisotopic (exact) mass is 302 g/mol. The van der Waals surface area contributed by atoms with Gasteiger partial charge in [0, 0.05) is 0 Å². The fourth-order valence-corrected chi connectivity index (χ4v) is 3.08. The van der Waals surface area contributed by atoms with Crippen LogP contribution < -0.4 is 0 Å². The molecule has 0 saturated carbocycles. The van der Waals surface area contributed by atoms with E-state index in [2.05, 4.69) is 28.1 Å². The summed E-state index contributed by atoms with van der Waals surface area (Å²) in [7, 11) is 0. The van der Waals surface area contributed by atoms with Gasteiger partial charge < -0.3 is 0 Å². The number of fused-ring (bicyclic) bond motifs is 2. The van der Waals surface area contributed by atoms with E-state index in [-0.39, 0.29) is 5.82 Å². The van der Waals surface area contributed by atoms with Gasteiger partial charge in [-0.15, -0.1) is 0 Å². The first kappa shape index (κ1) is 11.7. The molecular weight excluding hydrogens is 291 g/mol. The zero-order valence-corrected chi connectivity index (χ0v) is 11.4. The maximum atomic E-state index is 13.9. The predicted molar refractivity (Wildman–Crippen MR) is 76.3 cm³/mol. The highest BCUT2D eigenvalue weighted by Crippen LogP contribution is 2.34. The maximum absolute atomic E-state index is 13.9. The average molecular weight is 303 g/mol. The molecule has 0 amide bonds. The van der Waals surface area contributed by atoms with Crippen LogP contribution in [0.4, 0.5) is 4.39 Å². The smallest absolute Gasteiger partial charge is 0.127 e. The second kappa shape index (κ2) is 4.69. The van der Waals surface area contributed by atoms with Crippen LogP contribution in [0.1, 0.15) is 22.3 Å². The summed E-state index contributed by atoms with van der Waals surface area (Å²) < 4.78 is 13.9. The third kappa shape index (κ3) is 1.81. The molecule has 0 unspecified atom stereocenters. The number of halogens is 2. The molecule has 1 aliphatic carbocycles. The first-order chi connectivity index (χ1) is 8.81. The average Bonchev–Trinajstić information content (AvgIpc) is 2.56. The summed E-state index contributed by atoms with van der Waals surface area (Å²) in [6.45, 7) is 0. The molecule has 0 spiro atoms. The first-order valence-corrected chi connectivity index (χ1v) is 6.89. The topological polar surface area (TPSA) is 0 Å². The molecule has 0 nitrogen and oxygen atoms in total. The molecule has 0 saturated heterocycles. The van der Waals surface area contributed by atoms with Crippen LogP contribution in [0.25, 0.3) is 5.57 Å². The third-order valence-corrected chi connectivity index (χ3v) is 3.93. The Morgan fingerprint density at radius 3 is 2.56 bits per heavy atom. The minimum atomic E-state index is -0.104. The summed E-state index contributed by atoms with van der Waals surface area (Å²) in [5.41, 5.74) is 5.35. The van der Waals surface area contributed by atoms with Crippen molar-refractivity contribution in [3.05, 3.63) is 75.5 Å². The van der Waals surface area contributed by atoms with Crippen molar-refractivity contribution in [3.8, 4) is 0 Å². The fraction of sp³-hybridized carbons (Fsp3) is 0.125. The maximum Gasteiger partial charge on any atom is 0.127 e. The first-order valence-electron chi connectivity index (χ1n) is 5.97. The summed E-state index contributed by atoms with van der Waals surface area (Å²) in [6.07, 6.45) is 1.64. The van der Waals surface area contributed by atoms with Crippen molar-refractivity contribution in [1.29, 1.82) is 0 Å². The SMILES string of the molecule is Fc1cccc2c1CCc1ccccc1/C2=C\Br. The van der Waals surface area contributed by atoms with Gasteiger partial charge in [-0.2, -0.15) is 0 Å². The van der Waals surface area contributed by atoms with Crippen molar-refractivity contribution in [2.24, 2.45) is 0 Å². The van der Waals surface area contributed by atoms with Crippen molar-refractivity contribution >= 4 is 21.5 Å². The Hall–Kier alpha value is -1.41. The van der Waals surface area contributed by atoms with Gasteiger partial charge in [-0.25, -0.2) is 4.39 Å². The lowest BCUT2D eigenvalue weighted by molar-refractivity contribution is 0.608. The predicted octanol–water partition coefficient (Wildman–Crippen LogP) is 4.71. The van der Waals surface area contributed by atoms with Crippen molar-refractivity contribution in [2.75, 3.05) is 0 Å². The zero-order valence-electron chi connectivity index (χ0n) is 9.79. The zero-order chi connectivity index (χ0) is 12.5. The summed E-state index contributed by atoms with van der Waals surface area (Å²) >= 11 is 3.43. The minimum Gasteiger partial charge on any atom is -0.207 e. The minimum absolute atomic E-state index is 0.104. The molecule has 0 bridgehead atoms. The van der Waals surface area contributed by atoms with Crippen LogP contribution in [0.2, 0.25) is 0 Å². The number of aryl methyl sites for hydroxylation is 1. The van der Waals surface area contributed by atoms with Crippen molar-refractivity contribution in [3.63, 3.8) is 0 Å². The van der Waals surface area contributed by atoms with Gasteiger partial charge in [0.25, 0.3) is 0 Å². The van der Waals surface area contributed by atoms with Gasteiger partial charge in [0.2, 0.25) is 0 Å². The molecule has 18 heavy (non-hydrogen) atoms. The van der Waals surface area contributed by atoms with Gasteiger partial charge in [-0.1, -0.05) is 52.3 Å². The van der Waals surface area contributed by atoms with E-state index in [0.717, 1.165) is 29.5 Å². The largest absolute Gasteiger partial charge is 0.207 e. The van der Waals surface area contributed by atoms with Crippen LogP contribution in [-0.2, 0) is 12.8 Å². The molecule has 3 rings (SSSR count). The molecule has 2 heteroatoms. The second-order valence-electron chi connectivity index (χ2n) is 4.45. The van der Waals surface area contributed by atoms with E-state index in [0.29, 0.717) is 0 Å². The van der Waals surface area contributed by atoms with Crippen LogP contribution >= 0.6 is 15.9 Å². The molecule has 0 atom stereocenters. The Balaban J connectivity index is 2.29. The molecule has 0 radical (unpaired) electrons. The molecule has 0 fully saturated rings. The molecule has 2 aromatic carbocycles. The van der Waals surface area contributed by atoms with Gasteiger partial charge in [0.1, 0.15) is 5.82 Å². The van der Waals surface area contributed by atoms with Crippen molar-refractivity contribution in [2.45, 2.75) is 12.8 Å². The van der Waals surface area contributed by atoms with E-state index in [1.165, 1.54) is 11.1 Å². The molecule has 0 aliphatic heterocycles. The number of rotatable bonds is 0. The van der Waals surface area contributed by atoms with Gasteiger partial charge >= 0.3 is 0 Å². The Labute approximate surface area is 114 Å². The molecule has 90 valence electrons. The van der Waals surface area contributed by atoms with E-state index in [4.69, 9.17) is 0 Å². The van der Waals surface area contributed by atoms with Crippen LogP contribution in [0.15, 0.2) is 47.4 Å². The lowest BCUT2D eigenvalue weighted by Crippen LogP contribution is -1.95. The van der Waals surface area contributed by atoms with E-state index < -0.39 is 0 Å². The van der Waals surface area contributed by atoms with Crippen molar-refractivity contribution in [1.82, 2.24) is 0 Å². The van der Waals surface area contributed by atoms with Crippen LogP contribution in [-0.4, -0.2) is 0 Å². The van der Waals surface area contributed by atoms with Gasteiger partial charge in [0.05, 0.1) is 0 Å². The summed E-state index contributed by atoms with van der Waals surface area (Å²) in [6, 6.07) is 13.6. The normalized spacial score (nSPS) is 16.0. The van der Waals surface area contributed by atoms with E-state index >= 15 is 0 Å². The number of hydrogen-bond donors (Lipinski definition) is 0. The highest BCUT2D eigenvalue weighted by Gasteiger charge is 2.19. The highest BCUT2D eigenvalue weighted by molar-refractivity contribution is 9.11. The molecule has 0 heterocycles. The second-order valence-corrected chi connectivity index (χ2v) is 4.90. The molecular formula is C16H12BrF. The Kier molecular flexibility index (Phi) is 3.04. The molecule has 1 aliphatic rings. The lowest BCUT2D eigenvalue weighted by Gasteiger charge is -2.10. The van der Waals surface area contributed by atoms with E-state index in [1.54, 1.807) is 12.1 Å². The van der Waals surface area contributed by atoms with Gasteiger partial charge in [0.15, 0.2) is 0 Å². The standard InChI is InChI=1S/C16H12BrF/c17-10-15-12-5-2-1-4-11(12)8-9-14-13(15)6-3-7-16(14)18/h1-7,10H,8-9H2/b15-10+. The summed E-state index contributed by atoms with van der Waals surface area (Å²) in [4.78, 5) is 1.90. The fourth-order valence-electron chi connectivity index (χ4n) is 2.59. The van der Waals surface area contributed by atoms with Gasteiger partial charge in [-0.05, 0) is 51.7 Å². The number of hydrogen-bond acceptors (Lipinski definition) is 0. The van der Waals surface area contributed by atoms with E-state index in [1.807, 2.05) is 23.2 Å². The van der Waals surface area contributed by atoms with Crippen LogP contribution in [0, 0.1) is 5.82 Å². The van der Waals surface area contributed by atoms with E-state index in [9.17, 15) is 4.39 Å². The van der Waals surface area contributed by atoms with Crippen LogP contribution in [0.5, 0.6) is 0 Å². The lowest BCUT2D eigenvalue weighted by atomic mass is 9.95. The van der Waals surface area contributed by atoms with Gasteiger partial charge in [-0.3, -0.25) is 0 Å².